The Kier molecular flexibility index (Phi) is 7.37. The normalized spacial score (nSPS) is 11.6. The molecule has 0 atom stereocenters. The van der Waals surface area contributed by atoms with Crippen molar-refractivity contribution in [2.24, 2.45) is 5.14 Å². The highest BCUT2D eigenvalue weighted by atomic mass is 32.2. The van der Waals surface area contributed by atoms with Gasteiger partial charge in [0.1, 0.15) is 5.75 Å². The standard InChI is InChI=1S/C26H24N6O5S2/c1-37-19-6-4-5-18(15-19)31-24(34)21-7-2-3-8-22(21)32-25(31)29-30-26(32)38-16-23(33)28-14-13-17-9-11-20(12-10-17)39(27,35)36/h2-12,15H,13-14,16H2,1H3,(H,28,33)(H2,27,35,36). The molecule has 0 fully saturated rings. The minimum absolute atomic E-state index is 0.0385. The number of thioether (sulfide) groups is 1. The van der Waals surface area contributed by atoms with Crippen molar-refractivity contribution < 1.29 is 17.9 Å². The molecule has 0 aliphatic rings. The van der Waals surface area contributed by atoms with E-state index in [1.165, 1.54) is 28.5 Å². The Balaban J connectivity index is 1.35. The Labute approximate surface area is 227 Å². The lowest BCUT2D eigenvalue weighted by Crippen LogP contribution is -2.27. The largest absolute Gasteiger partial charge is 0.497 e. The maximum absolute atomic E-state index is 13.5. The number of benzene rings is 3. The fraction of sp³-hybridized carbons (Fsp3) is 0.154. The molecule has 0 radical (unpaired) electrons. The van der Waals surface area contributed by atoms with Crippen LogP contribution in [0, 0.1) is 0 Å². The van der Waals surface area contributed by atoms with E-state index in [2.05, 4.69) is 15.5 Å². The summed E-state index contributed by atoms with van der Waals surface area (Å²) in [6.45, 7) is 0.368. The number of primary sulfonamides is 1. The molecule has 0 unspecified atom stereocenters. The minimum Gasteiger partial charge on any atom is -0.497 e. The molecule has 5 rings (SSSR count). The third-order valence-corrected chi connectivity index (χ3v) is 7.88. The second kappa shape index (κ2) is 10.9. The molecule has 200 valence electrons. The number of para-hydroxylation sites is 1. The van der Waals surface area contributed by atoms with E-state index in [1.54, 1.807) is 60.0 Å². The van der Waals surface area contributed by atoms with Crippen LogP contribution in [-0.4, -0.2) is 52.9 Å². The van der Waals surface area contributed by atoms with Crippen LogP contribution < -0.4 is 20.8 Å². The molecule has 0 saturated carbocycles. The molecular formula is C26H24N6O5S2. The van der Waals surface area contributed by atoms with Crippen LogP contribution in [0.25, 0.3) is 22.4 Å². The van der Waals surface area contributed by atoms with Gasteiger partial charge in [0.25, 0.3) is 5.56 Å². The van der Waals surface area contributed by atoms with Crippen LogP contribution in [0.3, 0.4) is 0 Å². The molecule has 0 bridgehead atoms. The predicted octanol–water partition coefficient (Wildman–Crippen LogP) is 2.14. The fourth-order valence-electron chi connectivity index (χ4n) is 4.13. The van der Waals surface area contributed by atoms with Gasteiger partial charge in [-0.2, -0.15) is 0 Å². The zero-order valence-corrected chi connectivity index (χ0v) is 22.4. The number of nitrogens with one attached hydrogen (secondary N) is 1. The second-order valence-corrected chi connectivity index (χ2v) is 11.1. The smallest absolute Gasteiger partial charge is 0.267 e. The van der Waals surface area contributed by atoms with Crippen molar-refractivity contribution in [2.45, 2.75) is 16.5 Å². The Bertz CT molecular complexity index is 1850. The number of nitrogens with zero attached hydrogens (tertiary/aromatic N) is 4. The summed E-state index contributed by atoms with van der Waals surface area (Å²) in [6.07, 6.45) is 0.520. The average Bonchev–Trinajstić information content (AvgIpc) is 3.36. The number of sulfonamides is 1. The Hall–Kier alpha value is -4.20. The summed E-state index contributed by atoms with van der Waals surface area (Å²) in [4.78, 5) is 26.1. The lowest BCUT2D eigenvalue weighted by atomic mass is 10.1. The first-order valence-electron chi connectivity index (χ1n) is 11.8. The molecule has 0 aliphatic heterocycles. The monoisotopic (exact) mass is 564 g/mol. The predicted molar refractivity (Wildman–Crippen MR) is 148 cm³/mol. The fourth-order valence-corrected chi connectivity index (χ4v) is 5.41. The summed E-state index contributed by atoms with van der Waals surface area (Å²) in [6, 6.07) is 20.5. The molecular weight excluding hydrogens is 540 g/mol. The van der Waals surface area contributed by atoms with E-state index in [0.29, 0.717) is 46.2 Å². The molecule has 5 aromatic rings. The van der Waals surface area contributed by atoms with E-state index >= 15 is 0 Å². The summed E-state index contributed by atoms with van der Waals surface area (Å²) < 4.78 is 31.3. The Morgan fingerprint density at radius 3 is 2.56 bits per heavy atom. The molecule has 1 amide bonds. The summed E-state index contributed by atoms with van der Waals surface area (Å²) in [5.74, 6) is 0.788. The minimum atomic E-state index is -3.75. The zero-order chi connectivity index (χ0) is 27.6. The number of rotatable bonds is 9. The van der Waals surface area contributed by atoms with Crippen LogP contribution in [0.5, 0.6) is 5.75 Å². The van der Waals surface area contributed by atoms with E-state index in [4.69, 9.17) is 9.88 Å². The molecule has 0 saturated heterocycles. The number of hydrogen-bond donors (Lipinski definition) is 2. The highest BCUT2D eigenvalue weighted by Crippen LogP contribution is 2.24. The first-order chi connectivity index (χ1) is 18.8. The van der Waals surface area contributed by atoms with Gasteiger partial charge in [0.15, 0.2) is 5.16 Å². The topological polar surface area (TPSA) is 151 Å². The van der Waals surface area contributed by atoms with Crippen molar-refractivity contribution in [1.82, 2.24) is 24.5 Å². The van der Waals surface area contributed by atoms with E-state index in [9.17, 15) is 18.0 Å². The van der Waals surface area contributed by atoms with Gasteiger partial charge in [-0.1, -0.05) is 42.1 Å². The summed E-state index contributed by atoms with van der Waals surface area (Å²) >= 11 is 1.20. The number of hydrogen-bond acceptors (Lipinski definition) is 8. The molecule has 2 aromatic heterocycles. The number of carbonyl (C=O) groups is 1. The maximum Gasteiger partial charge on any atom is 0.267 e. The van der Waals surface area contributed by atoms with Crippen LogP contribution >= 0.6 is 11.8 Å². The first-order valence-corrected chi connectivity index (χ1v) is 14.3. The summed E-state index contributed by atoms with van der Waals surface area (Å²) in [7, 11) is -2.19. The van der Waals surface area contributed by atoms with E-state index in [1.807, 2.05) is 12.1 Å². The number of amides is 1. The van der Waals surface area contributed by atoms with Crippen molar-refractivity contribution in [2.75, 3.05) is 19.4 Å². The third-order valence-electron chi connectivity index (χ3n) is 6.03. The molecule has 3 aromatic carbocycles. The lowest BCUT2D eigenvalue weighted by Gasteiger charge is -2.12. The van der Waals surface area contributed by atoms with Crippen LogP contribution in [0.1, 0.15) is 5.56 Å². The van der Waals surface area contributed by atoms with Crippen molar-refractivity contribution in [3.05, 3.63) is 88.7 Å². The second-order valence-electron chi connectivity index (χ2n) is 8.55. The van der Waals surface area contributed by atoms with Crippen LogP contribution in [0.2, 0.25) is 0 Å². The van der Waals surface area contributed by atoms with Gasteiger partial charge in [-0.05, 0) is 48.4 Å². The van der Waals surface area contributed by atoms with E-state index in [0.717, 1.165) is 5.56 Å². The average molecular weight is 565 g/mol. The van der Waals surface area contributed by atoms with Gasteiger partial charge in [-0.25, -0.2) is 18.1 Å². The molecule has 0 spiro atoms. The highest BCUT2D eigenvalue weighted by molar-refractivity contribution is 7.99. The van der Waals surface area contributed by atoms with Gasteiger partial charge >= 0.3 is 0 Å². The third kappa shape index (κ3) is 5.50. The number of ether oxygens (including phenoxy) is 1. The van der Waals surface area contributed by atoms with Gasteiger partial charge in [0.05, 0.1) is 34.3 Å². The van der Waals surface area contributed by atoms with Crippen LogP contribution in [0.4, 0.5) is 0 Å². The zero-order valence-electron chi connectivity index (χ0n) is 20.8. The van der Waals surface area contributed by atoms with Crippen LogP contribution in [0.15, 0.2) is 87.6 Å². The quantitative estimate of drug-likeness (QED) is 0.259. The summed E-state index contributed by atoms with van der Waals surface area (Å²) in [5, 5.41) is 17.5. The number of methoxy groups -OCH3 is 1. The van der Waals surface area contributed by atoms with Gasteiger partial charge < -0.3 is 10.1 Å². The molecule has 3 N–H and O–H groups in total. The van der Waals surface area contributed by atoms with Crippen molar-refractivity contribution in [3.8, 4) is 11.4 Å². The Morgan fingerprint density at radius 2 is 1.82 bits per heavy atom. The van der Waals surface area contributed by atoms with E-state index in [-0.39, 0.29) is 22.1 Å². The molecule has 0 aliphatic carbocycles. The summed E-state index contributed by atoms with van der Waals surface area (Å²) in [5.41, 5.74) is 1.83. The van der Waals surface area contributed by atoms with Gasteiger partial charge in [-0.15, -0.1) is 10.2 Å². The number of carbonyl (C=O) groups excluding carboxylic acids is 1. The maximum atomic E-state index is 13.5. The molecule has 2 heterocycles. The number of aromatic nitrogens is 4. The van der Waals surface area contributed by atoms with Crippen molar-refractivity contribution >= 4 is 44.4 Å². The first kappa shape index (κ1) is 26.4. The molecule has 39 heavy (non-hydrogen) atoms. The molecule has 13 heteroatoms. The number of nitrogens with two attached hydrogens (primary N) is 1. The van der Waals surface area contributed by atoms with Crippen LogP contribution in [-0.2, 0) is 21.2 Å². The number of fused-ring (bicyclic) bond motifs is 3. The van der Waals surface area contributed by atoms with Crippen molar-refractivity contribution in [1.29, 1.82) is 0 Å². The van der Waals surface area contributed by atoms with Gasteiger partial charge in [-0.3, -0.25) is 14.0 Å². The highest BCUT2D eigenvalue weighted by Gasteiger charge is 2.19. The SMILES string of the molecule is COc1cccc(-n2c(=O)c3ccccc3n3c(SCC(=O)NCCc4ccc(S(N)(=O)=O)cc4)nnc23)c1. The lowest BCUT2D eigenvalue weighted by molar-refractivity contribution is -0.118. The van der Waals surface area contributed by atoms with Crippen molar-refractivity contribution in [3.63, 3.8) is 0 Å². The molecule has 11 nitrogen and oxygen atoms in total. The Morgan fingerprint density at radius 1 is 1.05 bits per heavy atom. The van der Waals surface area contributed by atoms with Gasteiger partial charge in [0.2, 0.25) is 21.7 Å². The van der Waals surface area contributed by atoms with E-state index < -0.39 is 10.0 Å². The van der Waals surface area contributed by atoms with Gasteiger partial charge in [0, 0.05) is 12.6 Å².